The number of benzene rings is 1. The van der Waals surface area contributed by atoms with Gasteiger partial charge in [0, 0.05) is 0 Å². The Morgan fingerprint density at radius 2 is 1.74 bits per heavy atom. The highest BCUT2D eigenvalue weighted by Gasteiger charge is 2.06. The van der Waals surface area contributed by atoms with Crippen LogP contribution in [0.2, 0.25) is 0 Å². The number of aryl methyl sites for hydroxylation is 1. The Morgan fingerprint density at radius 3 is 2.37 bits per heavy atom. The summed E-state index contributed by atoms with van der Waals surface area (Å²) in [5, 5.41) is 0. The SMILES string of the molecule is CCCc1ccc(Oc2nc(N)nc(OC)n2)cc1. The zero-order chi connectivity index (χ0) is 13.7. The van der Waals surface area contributed by atoms with E-state index in [1.807, 2.05) is 24.3 Å². The second-order valence-electron chi connectivity index (χ2n) is 3.96. The molecular weight excluding hydrogens is 244 g/mol. The van der Waals surface area contributed by atoms with Gasteiger partial charge in [-0.3, -0.25) is 0 Å². The minimum absolute atomic E-state index is 0.0597. The van der Waals surface area contributed by atoms with Crippen molar-refractivity contribution >= 4 is 5.95 Å². The molecule has 0 aliphatic carbocycles. The highest BCUT2D eigenvalue weighted by molar-refractivity contribution is 5.30. The van der Waals surface area contributed by atoms with Gasteiger partial charge in [0.05, 0.1) is 7.11 Å². The summed E-state index contributed by atoms with van der Waals surface area (Å²) in [6, 6.07) is 8.02. The number of hydrogen-bond acceptors (Lipinski definition) is 6. The van der Waals surface area contributed by atoms with Gasteiger partial charge in [-0.25, -0.2) is 0 Å². The van der Waals surface area contributed by atoms with Crippen molar-refractivity contribution in [3.63, 3.8) is 0 Å². The van der Waals surface area contributed by atoms with Crippen LogP contribution in [-0.4, -0.2) is 22.1 Å². The van der Waals surface area contributed by atoms with E-state index in [0.29, 0.717) is 5.75 Å². The second-order valence-corrected chi connectivity index (χ2v) is 3.96. The van der Waals surface area contributed by atoms with Crippen molar-refractivity contribution in [1.29, 1.82) is 0 Å². The molecule has 2 N–H and O–H groups in total. The van der Waals surface area contributed by atoms with Gasteiger partial charge >= 0.3 is 12.0 Å². The van der Waals surface area contributed by atoms with Crippen LogP contribution in [0.4, 0.5) is 5.95 Å². The minimum atomic E-state index is 0.0597. The number of nitrogens with two attached hydrogens (primary N) is 1. The van der Waals surface area contributed by atoms with E-state index in [1.54, 1.807) is 0 Å². The summed E-state index contributed by atoms with van der Waals surface area (Å²) in [7, 11) is 1.46. The quantitative estimate of drug-likeness (QED) is 0.887. The minimum Gasteiger partial charge on any atom is -0.467 e. The molecule has 2 aromatic rings. The van der Waals surface area contributed by atoms with Gasteiger partial charge in [-0.05, 0) is 24.1 Å². The predicted octanol–water partition coefficient (Wildman–Crippen LogP) is 2.21. The Balaban J connectivity index is 2.14. The van der Waals surface area contributed by atoms with E-state index in [-0.39, 0.29) is 18.0 Å². The summed E-state index contributed by atoms with van der Waals surface area (Å²) < 4.78 is 10.4. The van der Waals surface area contributed by atoms with Gasteiger partial charge < -0.3 is 15.2 Å². The lowest BCUT2D eigenvalue weighted by Gasteiger charge is -2.06. The van der Waals surface area contributed by atoms with Gasteiger partial charge in [0.15, 0.2) is 0 Å². The monoisotopic (exact) mass is 260 g/mol. The Morgan fingerprint density at radius 1 is 1.05 bits per heavy atom. The van der Waals surface area contributed by atoms with Crippen molar-refractivity contribution in [3.05, 3.63) is 29.8 Å². The lowest BCUT2D eigenvalue weighted by Crippen LogP contribution is -2.02. The summed E-state index contributed by atoms with van der Waals surface area (Å²) >= 11 is 0. The lowest BCUT2D eigenvalue weighted by atomic mass is 10.1. The van der Waals surface area contributed by atoms with Crippen LogP contribution in [0.25, 0.3) is 0 Å². The molecule has 0 unspecified atom stereocenters. The number of ether oxygens (including phenoxy) is 2. The van der Waals surface area contributed by atoms with Crippen molar-refractivity contribution in [2.45, 2.75) is 19.8 Å². The first kappa shape index (κ1) is 13.1. The first-order chi connectivity index (χ1) is 9.21. The molecule has 1 aromatic carbocycles. The molecule has 0 spiro atoms. The molecule has 2 rings (SSSR count). The molecule has 0 saturated carbocycles. The molecule has 6 heteroatoms. The van der Waals surface area contributed by atoms with Crippen LogP contribution in [0.3, 0.4) is 0 Å². The summed E-state index contributed by atoms with van der Waals surface area (Å²) in [6.45, 7) is 2.14. The summed E-state index contributed by atoms with van der Waals surface area (Å²) in [6.07, 6.45) is 2.16. The fourth-order valence-electron chi connectivity index (χ4n) is 1.61. The van der Waals surface area contributed by atoms with Crippen LogP contribution in [0, 0.1) is 0 Å². The normalized spacial score (nSPS) is 10.2. The molecule has 0 fully saturated rings. The van der Waals surface area contributed by atoms with E-state index in [2.05, 4.69) is 21.9 Å². The first-order valence-corrected chi connectivity index (χ1v) is 6.03. The Labute approximate surface area is 111 Å². The summed E-state index contributed by atoms with van der Waals surface area (Å²) in [5.74, 6) is 0.706. The maximum absolute atomic E-state index is 5.53. The molecule has 6 nitrogen and oxygen atoms in total. The number of hydrogen-bond donors (Lipinski definition) is 1. The third-order valence-corrected chi connectivity index (χ3v) is 2.47. The van der Waals surface area contributed by atoms with Crippen LogP contribution < -0.4 is 15.2 Å². The van der Waals surface area contributed by atoms with Crippen LogP contribution in [-0.2, 0) is 6.42 Å². The van der Waals surface area contributed by atoms with Gasteiger partial charge in [-0.1, -0.05) is 25.5 Å². The number of rotatable bonds is 5. The zero-order valence-electron chi connectivity index (χ0n) is 11.0. The van der Waals surface area contributed by atoms with E-state index in [4.69, 9.17) is 15.2 Å². The van der Waals surface area contributed by atoms with E-state index >= 15 is 0 Å². The highest BCUT2D eigenvalue weighted by Crippen LogP contribution is 2.20. The molecular formula is C13H16N4O2. The molecule has 0 aliphatic rings. The van der Waals surface area contributed by atoms with Gasteiger partial charge in [-0.15, -0.1) is 4.98 Å². The molecule has 0 bridgehead atoms. The lowest BCUT2D eigenvalue weighted by molar-refractivity contribution is 0.360. The van der Waals surface area contributed by atoms with Crippen molar-refractivity contribution in [3.8, 4) is 17.8 Å². The largest absolute Gasteiger partial charge is 0.467 e. The molecule has 0 atom stereocenters. The molecule has 19 heavy (non-hydrogen) atoms. The van der Waals surface area contributed by atoms with Crippen LogP contribution >= 0.6 is 0 Å². The van der Waals surface area contributed by atoms with Gasteiger partial charge in [0.2, 0.25) is 5.95 Å². The summed E-state index contributed by atoms with van der Waals surface area (Å²) in [5.41, 5.74) is 6.80. The molecule has 0 saturated heterocycles. The van der Waals surface area contributed by atoms with Gasteiger partial charge in [-0.2, -0.15) is 9.97 Å². The number of anilines is 1. The first-order valence-electron chi connectivity index (χ1n) is 6.03. The topological polar surface area (TPSA) is 83.2 Å². The number of nitrogen functional groups attached to an aromatic ring is 1. The molecule has 1 heterocycles. The predicted molar refractivity (Wildman–Crippen MR) is 71.3 cm³/mol. The highest BCUT2D eigenvalue weighted by atomic mass is 16.5. The van der Waals surface area contributed by atoms with E-state index in [1.165, 1.54) is 12.7 Å². The Kier molecular flexibility index (Phi) is 4.12. The molecule has 0 radical (unpaired) electrons. The average Bonchev–Trinajstić information content (AvgIpc) is 2.40. The van der Waals surface area contributed by atoms with E-state index in [0.717, 1.165) is 12.8 Å². The standard InChI is InChI=1S/C13H16N4O2/c1-3-4-9-5-7-10(8-6-9)19-13-16-11(14)15-12(17-13)18-2/h5-8H,3-4H2,1-2H3,(H2,14,15,16,17). The zero-order valence-corrected chi connectivity index (χ0v) is 11.0. The van der Waals surface area contributed by atoms with Gasteiger partial charge in [0.1, 0.15) is 5.75 Å². The third-order valence-electron chi connectivity index (χ3n) is 2.47. The smallest absolute Gasteiger partial charge is 0.330 e. The fraction of sp³-hybridized carbons (Fsp3) is 0.308. The van der Waals surface area contributed by atoms with Crippen LogP contribution in [0.1, 0.15) is 18.9 Å². The van der Waals surface area contributed by atoms with E-state index < -0.39 is 0 Å². The van der Waals surface area contributed by atoms with Crippen molar-refractivity contribution in [1.82, 2.24) is 15.0 Å². The third kappa shape index (κ3) is 3.54. The molecule has 1 aromatic heterocycles. The molecule has 0 aliphatic heterocycles. The fourth-order valence-corrected chi connectivity index (χ4v) is 1.61. The van der Waals surface area contributed by atoms with Gasteiger partial charge in [0.25, 0.3) is 0 Å². The van der Waals surface area contributed by atoms with Crippen molar-refractivity contribution < 1.29 is 9.47 Å². The molecule has 100 valence electrons. The maximum Gasteiger partial charge on any atom is 0.330 e. The van der Waals surface area contributed by atoms with E-state index in [9.17, 15) is 0 Å². The number of aromatic nitrogens is 3. The molecule has 0 amide bonds. The Hall–Kier alpha value is -2.37. The van der Waals surface area contributed by atoms with Crippen molar-refractivity contribution in [2.24, 2.45) is 0 Å². The summed E-state index contributed by atoms with van der Waals surface area (Å²) in [4.78, 5) is 11.6. The number of methoxy groups -OCH3 is 1. The Bertz CT molecular complexity index is 543. The average molecular weight is 260 g/mol. The maximum atomic E-state index is 5.53. The second kappa shape index (κ2) is 5.99. The van der Waals surface area contributed by atoms with Crippen LogP contribution in [0.5, 0.6) is 17.8 Å². The van der Waals surface area contributed by atoms with Crippen LogP contribution in [0.15, 0.2) is 24.3 Å². The number of nitrogens with zero attached hydrogens (tertiary/aromatic N) is 3. The van der Waals surface area contributed by atoms with Crippen molar-refractivity contribution in [2.75, 3.05) is 12.8 Å².